The second-order valence-electron chi connectivity index (χ2n) is 6.01. The maximum atomic E-state index is 12.7. The van der Waals surface area contributed by atoms with Gasteiger partial charge in [-0.15, -0.1) is 0 Å². The molecule has 2 atom stereocenters. The van der Waals surface area contributed by atoms with Gasteiger partial charge in [-0.2, -0.15) is 0 Å². The third kappa shape index (κ3) is 3.27. The van der Waals surface area contributed by atoms with Crippen LogP contribution in [0.15, 0.2) is 30.3 Å². The molecule has 1 aromatic carbocycles. The molecule has 1 amide bonds. The highest BCUT2D eigenvalue weighted by Crippen LogP contribution is 2.23. The number of amides is 1. The van der Waals surface area contributed by atoms with Crippen molar-refractivity contribution in [2.75, 3.05) is 13.2 Å². The van der Waals surface area contributed by atoms with Crippen LogP contribution in [0.4, 0.5) is 0 Å². The van der Waals surface area contributed by atoms with E-state index in [9.17, 15) is 4.79 Å². The number of ether oxygens (including phenoxy) is 1. The van der Waals surface area contributed by atoms with Gasteiger partial charge >= 0.3 is 0 Å². The zero-order valence-corrected chi connectivity index (χ0v) is 12.6. The van der Waals surface area contributed by atoms with Crippen LogP contribution >= 0.6 is 0 Å². The van der Waals surface area contributed by atoms with Crippen LogP contribution in [0.5, 0.6) is 0 Å². The Morgan fingerprint density at radius 2 is 1.95 bits per heavy atom. The summed E-state index contributed by atoms with van der Waals surface area (Å²) in [5.74, 6) is 0.269. The lowest BCUT2D eigenvalue weighted by atomic mass is 10.0. The monoisotopic (exact) mass is 288 g/mol. The third-order valence-corrected chi connectivity index (χ3v) is 4.56. The van der Waals surface area contributed by atoms with Gasteiger partial charge in [0.1, 0.15) is 0 Å². The third-order valence-electron chi connectivity index (χ3n) is 4.56. The SMILES string of the molecule is CC1NC(CCc2ccccc2)C(=O)N1C1CCOCC1. The Kier molecular flexibility index (Phi) is 4.56. The number of carbonyl (C=O) groups is 1. The molecular formula is C17H24N2O2. The minimum Gasteiger partial charge on any atom is -0.381 e. The number of hydrogen-bond acceptors (Lipinski definition) is 3. The minimum absolute atomic E-state index is 0.0388. The topological polar surface area (TPSA) is 41.6 Å². The van der Waals surface area contributed by atoms with Crippen LogP contribution in [0.3, 0.4) is 0 Å². The Bertz CT molecular complexity index is 471. The largest absolute Gasteiger partial charge is 0.381 e. The fourth-order valence-corrected chi connectivity index (χ4v) is 3.44. The molecule has 2 aliphatic rings. The maximum absolute atomic E-state index is 12.7. The lowest BCUT2D eigenvalue weighted by molar-refractivity contribution is -0.133. The van der Waals surface area contributed by atoms with Gasteiger partial charge in [0.25, 0.3) is 0 Å². The molecule has 0 aromatic heterocycles. The van der Waals surface area contributed by atoms with Gasteiger partial charge < -0.3 is 9.64 Å². The summed E-state index contributed by atoms with van der Waals surface area (Å²) in [5, 5.41) is 3.46. The fraction of sp³-hybridized carbons (Fsp3) is 0.588. The van der Waals surface area contributed by atoms with E-state index in [1.807, 2.05) is 6.07 Å². The summed E-state index contributed by atoms with van der Waals surface area (Å²) < 4.78 is 5.40. The van der Waals surface area contributed by atoms with E-state index < -0.39 is 0 Å². The Balaban J connectivity index is 1.59. The average Bonchev–Trinajstić information content (AvgIpc) is 2.81. The molecule has 3 rings (SSSR count). The van der Waals surface area contributed by atoms with E-state index in [2.05, 4.69) is 41.4 Å². The van der Waals surface area contributed by atoms with E-state index in [0.717, 1.165) is 38.9 Å². The van der Waals surface area contributed by atoms with Crippen molar-refractivity contribution in [1.29, 1.82) is 0 Å². The average molecular weight is 288 g/mol. The normalized spacial score (nSPS) is 27.3. The highest BCUT2D eigenvalue weighted by molar-refractivity contribution is 5.84. The van der Waals surface area contributed by atoms with Gasteiger partial charge in [0, 0.05) is 19.3 Å². The summed E-state index contributed by atoms with van der Waals surface area (Å²) in [4.78, 5) is 14.7. The molecule has 0 saturated carbocycles. The van der Waals surface area contributed by atoms with Gasteiger partial charge in [-0.05, 0) is 38.2 Å². The Labute approximate surface area is 126 Å². The van der Waals surface area contributed by atoms with Crippen molar-refractivity contribution < 1.29 is 9.53 Å². The van der Waals surface area contributed by atoms with Crippen molar-refractivity contribution in [1.82, 2.24) is 10.2 Å². The van der Waals surface area contributed by atoms with Crippen LogP contribution in [0.2, 0.25) is 0 Å². The van der Waals surface area contributed by atoms with Crippen LogP contribution in [0, 0.1) is 0 Å². The summed E-state index contributed by atoms with van der Waals surface area (Å²) in [5.41, 5.74) is 1.30. The second kappa shape index (κ2) is 6.58. The predicted octanol–water partition coefficient (Wildman–Crippen LogP) is 1.94. The zero-order chi connectivity index (χ0) is 14.7. The fourth-order valence-electron chi connectivity index (χ4n) is 3.44. The number of rotatable bonds is 4. The molecule has 1 N–H and O–H groups in total. The summed E-state index contributed by atoms with van der Waals surface area (Å²) in [6.45, 7) is 3.64. The number of carbonyl (C=O) groups excluding carboxylic acids is 1. The zero-order valence-electron chi connectivity index (χ0n) is 12.6. The van der Waals surface area contributed by atoms with E-state index in [-0.39, 0.29) is 18.1 Å². The molecule has 2 aliphatic heterocycles. The Morgan fingerprint density at radius 1 is 1.24 bits per heavy atom. The minimum atomic E-state index is -0.0388. The highest BCUT2D eigenvalue weighted by atomic mass is 16.5. The first-order chi connectivity index (χ1) is 10.3. The van der Waals surface area contributed by atoms with Gasteiger partial charge in [-0.25, -0.2) is 0 Å². The molecule has 21 heavy (non-hydrogen) atoms. The van der Waals surface area contributed by atoms with Gasteiger partial charge in [0.15, 0.2) is 0 Å². The molecule has 2 heterocycles. The van der Waals surface area contributed by atoms with Crippen molar-refractivity contribution in [3.63, 3.8) is 0 Å². The second-order valence-corrected chi connectivity index (χ2v) is 6.01. The lowest BCUT2D eigenvalue weighted by Gasteiger charge is -2.33. The summed E-state index contributed by atoms with van der Waals surface area (Å²) in [6.07, 6.45) is 3.87. The summed E-state index contributed by atoms with van der Waals surface area (Å²) in [6, 6.07) is 10.7. The first-order valence-corrected chi connectivity index (χ1v) is 7.95. The number of nitrogens with one attached hydrogen (secondary N) is 1. The predicted molar refractivity (Wildman–Crippen MR) is 81.8 cm³/mol. The van der Waals surface area contributed by atoms with E-state index in [4.69, 9.17) is 4.74 Å². The summed E-state index contributed by atoms with van der Waals surface area (Å²) in [7, 11) is 0. The highest BCUT2D eigenvalue weighted by Gasteiger charge is 2.40. The van der Waals surface area contributed by atoms with Crippen LogP contribution in [0.25, 0.3) is 0 Å². The van der Waals surface area contributed by atoms with Crippen LogP contribution in [-0.4, -0.2) is 42.3 Å². The molecule has 0 radical (unpaired) electrons. The standard InChI is InChI=1S/C17H24N2O2/c1-13-18-16(8-7-14-5-3-2-4-6-14)17(20)19(13)15-9-11-21-12-10-15/h2-6,13,15-16,18H,7-12H2,1H3. The number of benzene rings is 1. The molecule has 114 valence electrons. The molecule has 4 heteroatoms. The Morgan fingerprint density at radius 3 is 2.67 bits per heavy atom. The van der Waals surface area contributed by atoms with Gasteiger partial charge in [0.05, 0.1) is 12.2 Å². The van der Waals surface area contributed by atoms with E-state index in [0.29, 0.717) is 6.04 Å². The molecule has 4 nitrogen and oxygen atoms in total. The first-order valence-electron chi connectivity index (χ1n) is 7.95. The van der Waals surface area contributed by atoms with Gasteiger partial charge in [-0.3, -0.25) is 10.1 Å². The van der Waals surface area contributed by atoms with E-state index in [1.165, 1.54) is 5.56 Å². The molecule has 0 spiro atoms. The lowest BCUT2D eigenvalue weighted by Crippen LogP contribution is -2.45. The van der Waals surface area contributed by atoms with Gasteiger partial charge in [-0.1, -0.05) is 30.3 Å². The molecule has 2 fully saturated rings. The molecule has 2 saturated heterocycles. The molecule has 0 bridgehead atoms. The maximum Gasteiger partial charge on any atom is 0.241 e. The van der Waals surface area contributed by atoms with E-state index in [1.54, 1.807) is 0 Å². The van der Waals surface area contributed by atoms with Crippen molar-refractivity contribution in [2.45, 2.75) is 50.9 Å². The molecular weight excluding hydrogens is 264 g/mol. The van der Waals surface area contributed by atoms with Crippen LogP contribution < -0.4 is 5.32 Å². The first kappa shape index (κ1) is 14.5. The van der Waals surface area contributed by atoms with Crippen LogP contribution in [0.1, 0.15) is 31.7 Å². The number of nitrogens with zero attached hydrogens (tertiary/aromatic N) is 1. The number of aryl methyl sites for hydroxylation is 1. The van der Waals surface area contributed by atoms with Crippen LogP contribution in [-0.2, 0) is 16.0 Å². The number of hydrogen-bond donors (Lipinski definition) is 1. The molecule has 1 aromatic rings. The van der Waals surface area contributed by atoms with Gasteiger partial charge in [0.2, 0.25) is 5.91 Å². The quantitative estimate of drug-likeness (QED) is 0.920. The Hall–Kier alpha value is -1.39. The summed E-state index contributed by atoms with van der Waals surface area (Å²) >= 11 is 0. The van der Waals surface area contributed by atoms with E-state index >= 15 is 0 Å². The molecule has 2 unspecified atom stereocenters. The van der Waals surface area contributed by atoms with Crippen molar-refractivity contribution in [3.05, 3.63) is 35.9 Å². The van der Waals surface area contributed by atoms with Crippen molar-refractivity contribution in [3.8, 4) is 0 Å². The van der Waals surface area contributed by atoms with Crippen molar-refractivity contribution in [2.24, 2.45) is 0 Å². The van der Waals surface area contributed by atoms with Crippen molar-refractivity contribution >= 4 is 5.91 Å². The smallest absolute Gasteiger partial charge is 0.241 e. The molecule has 0 aliphatic carbocycles.